The van der Waals surface area contributed by atoms with E-state index in [1.165, 1.54) is 0 Å². The fourth-order valence-corrected chi connectivity index (χ4v) is 5.87. The first-order valence-electron chi connectivity index (χ1n) is 13.0. The molecular formula is C35H20N2O2. The number of aromatic nitrogens is 1. The summed E-state index contributed by atoms with van der Waals surface area (Å²) in [7, 11) is 0. The summed E-state index contributed by atoms with van der Waals surface area (Å²) in [5, 5.41) is 5.71. The second-order valence-corrected chi connectivity index (χ2v) is 10.1. The van der Waals surface area contributed by atoms with Crippen molar-refractivity contribution in [3.63, 3.8) is 0 Å². The van der Waals surface area contributed by atoms with Gasteiger partial charge in [0.15, 0.2) is 23.0 Å². The highest BCUT2D eigenvalue weighted by Gasteiger charge is 2.36. The maximum Gasteiger partial charge on any atom is 0.156 e. The van der Waals surface area contributed by atoms with Gasteiger partial charge in [-0.2, -0.15) is 0 Å². The van der Waals surface area contributed by atoms with Crippen molar-refractivity contribution in [2.24, 2.45) is 0 Å². The maximum atomic E-state index is 6.64. The smallest absolute Gasteiger partial charge is 0.156 e. The van der Waals surface area contributed by atoms with Gasteiger partial charge < -0.3 is 9.47 Å². The lowest BCUT2D eigenvalue weighted by molar-refractivity contribution is 0.447. The molecule has 2 aliphatic heterocycles. The molecule has 0 spiro atoms. The third-order valence-electron chi connectivity index (χ3n) is 7.73. The minimum absolute atomic E-state index is 0.749. The zero-order valence-corrected chi connectivity index (χ0v) is 20.8. The molecule has 6 aromatic carbocycles. The average molecular weight is 501 g/mol. The highest BCUT2D eigenvalue weighted by atomic mass is 16.5. The minimum Gasteiger partial charge on any atom is -0.453 e. The number of ether oxygens (including phenoxy) is 2. The number of rotatable bonds is 1. The van der Waals surface area contributed by atoms with Crippen LogP contribution in [0.4, 0.5) is 17.1 Å². The van der Waals surface area contributed by atoms with Crippen LogP contribution < -0.4 is 14.4 Å². The van der Waals surface area contributed by atoms with E-state index in [4.69, 9.17) is 14.5 Å². The normalized spacial score (nSPS) is 13.0. The first-order chi connectivity index (χ1) is 19.3. The number of benzene rings is 6. The molecule has 0 amide bonds. The molecule has 7 aromatic rings. The van der Waals surface area contributed by atoms with Crippen molar-refractivity contribution >= 4 is 49.5 Å². The van der Waals surface area contributed by atoms with E-state index in [2.05, 4.69) is 108 Å². The third-order valence-corrected chi connectivity index (χ3v) is 7.73. The largest absolute Gasteiger partial charge is 0.453 e. The van der Waals surface area contributed by atoms with Crippen molar-refractivity contribution in [3.05, 3.63) is 121 Å². The lowest BCUT2D eigenvalue weighted by atomic mass is 10.00. The predicted molar refractivity (Wildman–Crippen MR) is 157 cm³/mol. The quantitative estimate of drug-likeness (QED) is 0.225. The van der Waals surface area contributed by atoms with Crippen molar-refractivity contribution in [1.82, 2.24) is 4.98 Å². The summed E-state index contributed by atoms with van der Waals surface area (Å²) < 4.78 is 13.3. The van der Waals surface area contributed by atoms with Crippen LogP contribution in [0.3, 0.4) is 0 Å². The Hall–Kier alpha value is -5.35. The Morgan fingerprint density at radius 1 is 0.462 bits per heavy atom. The molecule has 3 heterocycles. The molecule has 0 unspecified atom stereocenters. The lowest BCUT2D eigenvalue weighted by Gasteiger charge is -2.38. The second kappa shape index (κ2) is 7.59. The van der Waals surface area contributed by atoms with E-state index in [1.54, 1.807) is 0 Å². The van der Waals surface area contributed by atoms with Crippen molar-refractivity contribution in [2.75, 3.05) is 4.90 Å². The van der Waals surface area contributed by atoms with Gasteiger partial charge in [-0.3, -0.25) is 4.90 Å². The molecule has 4 heteroatoms. The van der Waals surface area contributed by atoms with Crippen LogP contribution in [-0.2, 0) is 0 Å². The van der Waals surface area contributed by atoms with Crippen LogP contribution in [-0.4, -0.2) is 4.98 Å². The Morgan fingerprint density at radius 3 is 1.56 bits per heavy atom. The zero-order valence-electron chi connectivity index (χ0n) is 20.8. The van der Waals surface area contributed by atoms with Gasteiger partial charge in [0.25, 0.3) is 0 Å². The lowest BCUT2D eigenvalue weighted by Crippen LogP contribution is -2.20. The molecule has 0 radical (unpaired) electrons. The SMILES string of the molecule is c1ccc2cc3c(cc2c1)Oc1cc(-c2ccc4ccccc4n2)cc2c1N3c1cc3ccccc3cc1O2. The van der Waals surface area contributed by atoms with Crippen molar-refractivity contribution in [1.29, 1.82) is 0 Å². The topological polar surface area (TPSA) is 34.6 Å². The number of hydrogen-bond acceptors (Lipinski definition) is 4. The molecule has 0 atom stereocenters. The molecule has 9 rings (SSSR count). The van der Waals surface area contributed by atoms with Gasteiger partial charge in [0.2, 0.25) is 0 Å². The number of pyridine rings is 1. The maximum absolute atomic E-state index is 6.64. The summed E-state index contributed by atoms with van der Waals surface area (Å²) in [5.74, 6) is 3.13. The van der Waals surface area contributed by atoms with E-state index >= 15 is 0 Å². The van der Waals surface area contributed by atoms with E-state index < -0.39 is 0 Å². The molecule has 2 aliphatic rings. The van der Waals surface area contributed by atoms with Crippen molar-refractivity contribution in [3.8, 4) is 34.3 Å². The molecule has 0 aliphatic carbocycles. The Balaban J connectivity index is 1.32. The first kappa shape index (κ1) is 20.7. The zero-order chi connectivity index (χ0) is 25.5. The molecule has 4 nitrogen and oxygen atoms in total. The molecular weight excluding hydrogens is 480 g/mol. The standard InChI is InChI=1S/C35H20N2O2/c1-3-10-24-17-31-29(15-22(24)8-1)37-30-16-23-9-2-4-11-25(23)18-32(30)39-34-20-26(19-33(38-31)35(34)37)28-14-13-21-7-5-6-12-27(21)36-28/h1-20H. The molecule has 0 saturated carbocycles. The van der Waals surface area contributed by atoms with Crippen LogP contribution in [0.25, 0.3) is 43.7 Å². The fraction of sp³-hybridized carbons (Fsp3) is 0. The molecule has 0 saturated heterocycles. The average Bonchev–Trinajstić information content (AvgIpc) is 2.98. The summed E-state index contributed by atoms with van der Waals surface area (Å²) in [4.78, 5) is 7.24. The van der Waals surface area contributed by atoms with Crippen LogP contribution in [0, 0.1) is 0 Å². The summed E-state index contributed by atoms with van der Waals surface area (Å²) >= 11 is 0. The van der Waals surface area contributed by atoms with E-state index in [0.29, 0.717) is 0 Å². The molecule has 39 heavy (non-hydrogen) atoms. The van der Waals surface area contributed by atoms with Gasteiger partial charge in [-0.15, -0.1) is 0 Å². The molecule has 1 aromatic heterocycles. The molecule has 0 N–H and O–H groups in total. The van der Waals surface area contributed by atoms with E-state index in [0.717, 1.165) is 83.8 Å². The summed E-state index contributed by atoms with van der Waals surface area (Å²) in [6.07, 6.45) is 0. The highest BCUT2D eigenvalue weighted by molar-refractivity contribution is 6.02. The Labute approximate surface area is 224 Å². The number of hydrogen-bond donors (Lipinski definition) is 0. The molecule has 182 valence electrons. The predicted octanol–water partition coefficient (Wildman–Crippen LogP) is 9.89. The van der Waals surface area contributed by atoms with Gasteiger partial charge in [-0.1, -0.05) is 72.8 Å². The molecule has 0 fully saturated rings. The number of anilines is 3. The monoisotopic (exact) mass is 500 g/mol. The first-order valence-corrected chi connectivity index (χ1v) is 13.0. The number of para-hydroxylation sites is 1. The Kier molecular flexibility index (Phi) is 4.02. The summed E-state index contributed by atoms with van der Waals surface area (Å²) in [5.41, 5.74) is 5.68. The van der Waals surface area contributed by atoms with Crippen LogP contribution >= 0.6 is 0 Å². The van der Waals surface area contributed by atoms with Crippen molar-refractivity contribution in [2.45, 2.75) is 0 Å². The van der Waals surface area contributed by atoms with E-state index in [1.807, 2.05) is 18.2 Å². The molecule has 0 bridgehead atoms. The van der Waals surface area contributed by atoms with Crippen LogP contribution in [0.2, 0.25) is 0 Å². The summed E-state index contributed by atoms with van der Waals surface area (Å²) in [6.45, 7) is 0. The van der Waals surface area contributed by atoms with Crippen molar-refractivity contribution < 1.29 is 9.47 Å². The van der Waals surface area contributed by atoms with E-state index in [-0.39, 0.29) is 0 Å². The number of nitrogens with zero attached hydrogens (tertiary/aromatic N) is 2. The van der Waals surface area contributed by atoms with Gasteiger partial charge in [0.05, 0.1) is 22.6 Å². The number of fused-ring (bicyclic) bond motifs is 7. The van der Waals surface area contributed by atoms with Crippen LogP contribution in [0.5, 0.6) is 23.0 Å². The summed E-state index contributed by atoms with van der Waals surface area (Å²) in [6, 6.07) is 42.0. The highest BCUT2D eigenvalue weighted by Crippen LogP contribution is 2.61. The van der Waals surface area contributed by atoms with Crippen LogP contribution in [0.15, 0.2) is 121 Å². The van der Waals surface area contributed by atoms with Gasteiger partial charge in [-0.05, 0) is 70.1 Å². The fourth-order valence-electron chi connectivity index (χ4n) is 5.87. The van der Waals surface area contributed by atoms with Gasteiger partial charge in [0, 0.05) is 10.9 Å². The van der Waals surface area contributed by atoms with E-state index in [9.17, 15) is 0 Å². The Bertz CT molecular complexity index is 2040. The van der Waals surface area contributed by atoms with Crippen LogP contribution in [0.1, 0.15) is 0 Å². The van der Waals surface area contributed by atoms with Gasteiger partial charge in [0.1, 0.15) is 5.69 Å². The Morgan fingerprint density at radius 2 is 0.974 bits per heavy atom. The third kappa shape index (κ3) is 3.03. The second-order valence-electron chi connectivity index (χ2n) is 10.1. The van der Waals surface area contributed by atoms with Gasteiger partial charge >= 0.3 is 0 Å². The minimum atomic E-state index is 0.749. The van der Waals surface area contributed by atoms with Gasteiger partial charge in [-0.25, -0.2) is 4.98 Å².